The Kier molecular flexibility index (Phi) is 8.05. The monoisotopic (exact) mass is 688 g/mol. The molecule has 256 valence electrons. The standard InChI is InChI=1S/C47H36N4O2/c1-31-25-32(2)46(34-15-8-5-9-16-34)47(45(31)33-13-6-4-7-14-33)35-29-49-50(30-35)36-17-12-18-38(26-36)53-39-21-22-41-40-19-10-11-20-42(40)51(43(41)27-39)44-28-37(52-3)23-24-48-44/h4-30H,1-3H3. The van der Waals surface area contributed by atoms with E-state index < -0.39 is 0 Å². The fraction of sp³-hybridized carbons (Fsp3) is 0.0638. The van der Waals surface area contributed by atoms with Gasteiger partial charge in [0.25, 0.3) is 0 Å². The van der Waals surface area contributed by atoms with Crippen molar-refractivity contribution in [3.63, 3.8) is 0 Å². The van der Waals surface area contributed by atoms with Gasteiger partial charge in [-0.25, -0.2) is 9.67 Å². The van der Waals surface area contributed by atoms with Crippen LogP contribution >= 0.6 is 0 Å². The second-order valence-electron chi connectivity index (χ2n) is 13.2. The molecule has 0 amide bonds. The number of nitrogens with zero attached hydrogens (tertiary/aromatic N) is 4. The van der Waals surface area contributed by atoms with Crippen LogP contribution in [0.3, 0.4) is 0 Å². The third-order valence-electron chi connectivity index (χ3n) is 9.86. The molecule has 3 heterocycles. The van der Waals surface area contributed by atoms with Crippen LogP contribution in [0, 0.1) is 13.8 Å². The van der Waals surface area contributed by atoms with Gasteiger partial charge >= 0.3 is 0 Å². The summed E-state index contributed by atoms with van der Waals surface area (Å²) in [5, 5.41) is 7.17. The van der Waals surface area contributed by atoms with E-state index in [2.05, 4.69) is 128 Å². The molecule has 53 heavy (non-hydrogen) atoms. The van der Waals surface area contributed by atoms with E-state index in [1.165, 1.54) is 38.9 Å². The van der Waals surface area contributed by atoms with E-state index in [4.69, 9.17) is 19.6 Å². The molecule has 0 aliphatic rings. The van der Waals surface area contributed by atoms with Gasteiger partial charge in [0.05, 0.1) is 30.0 Å². The average Bonchev–Trinajstić information content (AvgIpc) is 3.82. The summed E-state index contributed by atoms with van der Waals surface area (Å²) >= 11 is 0. The molecular weight excluding hydrogens is 653 g/mol. The predicted octanol–water partition coefficient (Wildman–Crippen LogP) is 11.8. The van der Waals surface area contributed by atoms with Gasteiger partial charge in [0.1, 0.15) is 23.1 Å². The Morgan fingerprint density at radius 1 is 0.528 bits per heavy atom. The first-order valence-electron chi connectivity index (χ1n) is 17.7. The maximum Gasteiger partial charge on any atom is 0.141 e. The second-order valence-corrected chi connectivity index (χ2v) is 13.2. The Bertz CT molecular complexity index is 2700. The minimum absolute atomic E-state index is 0.711. The molecule has 0 atom stereocenters. The average molecular weight is 689 g/mol. The highest BCUT2D eigenvalue weighted by molar-refractivity contribution is 6.09. The molecule has 9 rings (SSSR count). The molecule has 0 aliphatic heterocycles. The summed E-state index contributed by atoms with van der Waals surface area (Å²) in [7, 11) is 1.67. The maximum atomic E-state index is 6.56. The van der Waals surface area contributed by atoms with Gasteiger partial charge in [-0.3, -0.25) is 4.57 Å². The number of hydrogen-bond donors (Lipinski definition) is 0. The Hall–Kier alpha value is -6.92. The highest BCUT2D eigenvalue weighted by atomic mass is 16.5. The zero-order valence-corrected chi connectivity index (χ0v) is 29.7. The lowest BCUT2D eigenvalue weighted by atomic mass is 9.83. The molecule has 0 N–H and O–H groups in total. The lowest BCUT2D eigenvalue weighted by Crippen LogP contribution is -1.98. The molecule has 6 heteroatoms. The van der Waals surface area contributed by atoms with Gasteiger partial charge < -0.3 is 9.47 Å². The quantitative estimate of drug-likeness (QED) is 0.159. The van der Waals surface area contributed by atoms with Crippen LogP contribution in [-0.4, -0.2) is 26.4 Å². The first kappa shape index (κ1) is 32.0. The summed E-state index contributed by atoms with van der Waals surface area (Å²) < 4.78 is 16.2. The molecule has 0 unspecified atom stereocenters. The number of benzene rings is 6. The fourth-order valence-electron chi connectivity index (χ4n) is 7.56. The minimum Gasteiger partial charge on any atom is -0.497 e. The van der Waals surface area contributed by atoms with Crippen molar-refractivity contribution in [2.45, 2.75) is 13.8 Å². The van der Waals surface area contributed by atoms with E-state index in [-0.39, 0.29) is 0 Å². The summed E-state index contributed by atoms with van der Waals surface area (Å²) in [4.78, 5) is 4.70. The molecule has 0 spiro atoms. The van der Waals surface area contributed by atoms with Crippen LogP contribution in [0.5, 0.6) is 17.2 Å². The Morgan fingerprint density at radius 2 is 1.21 bits per heavy atom. The molecule has 0 bridgehead atoms. The number of ether oxygens (including phenoxy) is 2. The number of para-hydroxylation sites is 1. The lowest BCUT2D eigenvalue weighted by molar-refractivity contribution is 0.414. The van der Waals surface area contributed by atoms with Crippen molar-refractivity contribution in [1.29, 1.82) is 0 Å². The minimum atomic E-state index is 0.711. The second kappa shape index (κ2) is 13.3. The van der Waals surface area contributed by atoms with Crippen molar-refractivity contribution in [1.82, 2.24) is 19.3 Å². The van der Waals surface area contributed by atoms with Gasteiger partial charge in [0, 0.05) is 52.5 Å². The van der Waals surface area contributed by atoms with Crippen LogP contribution in [-0.2, 0) is 0 Å². The van der Waals surface area contributed by atoms with Crippen molar-refractivity contribution in [3.05, 3.63) is 175 Å². The normalized spacial score (nSPS) is 11.3. The lowest BCUT2D eigenvalue weighted by Gasteiger charge is -2.20. The van der Waals surface area contributed by atoms with Crippen molar-refractivity contribution < 1.29 is 9.47 Å². The number of pyridine rings is 1. The number of methoxy groups -OCH3 is 1. The highest BCUT2D eigenvalue weighted by Gasteiger charge is 2.21. The summed E-state index contributed by atoms with van der Waals surface area (Å²) in [6.07, 6.45) is 5.87. The van der Waals surface area contributed by atoms with Gasteiger partial charge in [-0.2, -0.15) is 5.10 Å². The smallest absolute Gasteiger partial charge is 0.141 e. The molecule has 0 aliphatic carbocycles. The van der Waals surface area contributed by atoms with Crippen molar-refractivity contribution in [2.24, 2.45) is 0 Å². The van der Waals surface area contributed by atoms with E-state index in [0.717, 1.165) is 50.4 Å². The topological polar surface area (TPSA) is 54.1 Å². The molecular formula is C47H36N4O2. The molecule has 0 saturated heterocycles. The number of rotatable bonds is 8. The summed E-state index contributed by atoms with van der Waals surface area (Å²) in [5.41, 5.74) is 12.4. The van der Waals surface area contributed by atoms with Crippen LogP contribution in [0.2, 0.25) is 0 Å². The third kappa shape index (κ3) is 5.80. The van der Waals surface area contributed by atoms with E-state index in [1.54, 1.807) is 13.3 Å². The molecule has 6 nitrogen and oxygen atoms in total. The van der Waals surface area contributed by atoms with Gasteiger partial charge in [0.2, 0.25) is 0 Å². The van der Waals surface area contributed by atoms with Crippen molar-refractivity contribution >= 4 is 21.8 Å². The Balaban J connectivity index is 1.11. The predicted molar refractivity (Wildman–Crippen MR) is 215 cm³/mol. The van der Waals surface area contributed by atoms with E-state index in [9.17, 15) is 0 Å². The number of fused-ring (bicyclic) bond motifs is 3. The first-order chi connectivity index (χ1) is 26.1. The van der Waals surface area contributed by atoms with Crippen LogP contribution in [0.1, 0.15) is 11.1 Å². The van der Waals surface area contributed by atoms with Gasteiger partial charge in [-0.1, -0.05) is 91.0 Å². The third-order valence-corrected chi connectivity index (χ3v) is 9.86. The van der Waals surface area contributed by atoms with E-state index in [1.807, 2.05) is 53.3 Å². The molecule has 0 fully saturated rings. The summed E-state index contributed by atoms with van der Waals surface area (Å²) in [5.74, 6) is 2.95. The number of aromatic nitrogens is 4. The highest BCUT2D eigenvalue weighted by Crippen LogP contribution is 2.44. The van der Waals surface area contributed by atoms with Crippen LogP contribution in [0.15, 0.2) is 164 Å². The van der Waals surface area contributed by atoms with Crippen LogP contribution < -0.4 is 9.47 Å². The molecule has 6 aromatic carbocycles. The molecule has 0 saturated carbocycles. The zero-order valence-electron chi connectivity index (χ0n) is 29.7. The summed E-state index contributed by atoms with van der Waals surface area (Å²) in [6, 6.07) is 50.0. The Labute approximate surface area is 308 Å². The molecule has 0 radical (unpaired) electrons. The first-order valence-corrected chi connectivity index (χ1v) is 17.7. The maximum absolute atomic E-state index is 6.56. The summed E-state index contributed by atoms with van der Waals surface area (Å²) in [6.45, 7) is 4.39. The molecule has 3 aromatic heterocycles. The SMILES string of the molecule is COc1ccnc(-n2c3ccccc3c3ccc(Oc4cccc(-n5cc(-c6c(-c7ccccc7)c(C)cc(C)c6-c6ccccc6)cn5)c4)cc32)c1. The van der Waals surface area contributed by atoms with Gasteiger partial charge in [-0.05, 0) is 83.6 Å². The van der Waals surface area contributed by atoms with Crippen LogP contribution in [0.4, 0.5) is 0 Å². The largest absolute Gasteiger partial charge is 0.497 e. The fourth-order valence-corrected chi connectivity index (χ4v) is 7.56. The number of aryl methyl sites for hydroxylation is 2. The van der Waals surface area contributed by atoms with Gasteiger partial charge in [0.15, 0.2) is 0 Å². The van der Waals surface area contributed by atoms with E-state index >= 15 is 0 Å². The zero-order chi connectivity index (χ0) is 35.9. The Morgan fingerprint density at radius 3 is 1.94 bits per heavy atom. The molecule has 9 aromatic rings. The number of hydrogen-bond acceptors (Lipinski definition) is 4. The van der Waals surface area contributed by atoms with E-state index in [0.29, 0.717) is 5.75 Å². The van der Waals surface area contributed by atoms with Gasteiger partial charge in [-0.15, -0.1) is 0 Å². The van der Waals surface area contributed by atoms with Crippen molar-refractivity contribution in [2.75, 3.05) is 7.11 Å². The van der Waals surface area contributed by atoms with Crippen molar-refractivity contribution in [3.8, 4) is 62.1 Å². The van der Waals surface area contributed by atoms with Crippen LogP contribution in [0.25, 0.3) is 66.7 Å².